The highest BCUT2D eigenvalue weighted by Crippen LogP contribution is 2.34. The zero-order chi connectivity index (χ0) is 17.4. The zero-order valence-electron chi connectivity index (χ0n) is 13.2. The summed E-state index contributed by atoms with van der Waals surface area (Å²) >= 11 is 0. The number of piperidine rings is 1. The van der Waals surface area contributed by atoms with E-state index in [1.165, 1.54) is 6.07 Å². The Bertz CT molecular complexity index is 641. The molecule has 1 saturated heterocycles. The Morgan fingerprint density at radius 2 is 1.96 bits per heavy atom. The summed E-state index contributed by atoms with van der Waals surface area (Å²) in [5, 5.41) is 10.6. The Morgan fingerprint density at radius 3 is 2.48 bits per heavy atom. The predicted molar refractivity (Wildman–Crippen MR) is 77.4 cm³/mol. The largest absolute Gasteiger partial charge is 0.443 e. The average molecular weight is 327 g/mol. The highest BCUT2D eigenvalue weighted by Gasteiger charge is 2.42. The number of imide groups is 1. The molecular formula is C16H19F2NO4. The van der Waals surface area contributed by atoms with Crippen LogP contribution in [-0.2, 0) is 15.1 Å². The van der Waals surface area contributed by atoms with Crippen LogP contribution in [0.4, 0.5) is 13.6 Å². The summed E-state index contributed by atoms with van der Waals surface area (Å²) in [6.45, 7) is 4.97. The normalized spacial score (nSPS) is 22.2. The minimum Gasteiger partial charge on any atom is -0.443 e. The van der Waals surface area contributed by atoms with E-state index in [0.29, 0.717) is 0 Å². The van der Waals surface area contributed by atoms with Crippen LogP contribution in [0.2, 0.25) is 0 Å². The number of hydrogen-bond donors (Lipinski definition) is 1. The number of carbonyl (C=O) groups excluding carboxylic acids is 2. The first kappa shape index (κ1) is 17.3. The van der Waals surface area contributed by atoms with Gasteiger partial charge in [0.05, 0.1) is 6.42 Å². The van der Waals surface area contributed by atoms with E-state index in [4.69, 9.17) is 4.74 Å². The van der Waals surface area contributed by atoms with Crippen molar-refractivity contribution < 1.29 is 28.2 Å². The lowest BCUT2D eigenvalue weighted by molar-refractivity contribution is -0.142. The molecule has 0 saturated carbocycles. The van der Waals surface area contributed by atoms with Crippen molar-refractivity contribution in [2.24, 2.45) is 0 Å². The lowest BCUT2D eigenvalue weighted by Gasteiger charge is -2.37. The molecule has 23 heavy (non-hydrogen) atoms. The average Bonchev–Trinajstić information content (AvgIpc) is 2.39. The van der Waals surface area contributed by atoms with Crippen LogP contribution in [-0.4, -0.2) is 34.2 Å². The number of likely N-dealkylation sites (tertiary alicyclic amines) is 1. The molecule has 126 valence electrons. The predicted octanol–water partition coefficient (Wildman–Crippen LogP) is 2.71. The second-order valence-corrected chi connectivity index (χ2v) is 6.61. The molecule has 1 unspecified atom stereocenters. The highest BCUT2D eigenvalue weighted by molar-refractivity contribution is 5.93. The quantitative estimate of drug-likeness (QED) is 0.861. The van der Waals surface area contributed by atoms with E-state index in [-0.39, 0.29) is 18.5 Å². The fraction of sp³-hybridized carbons (Fsp3) is 0.500. The fourth-order valence-corrected chi connectivity index (χ4v) is 2.40. The van der Waals surface area contributed by atoms with E-state index in [2.05, 4.69) is 0 Å². The van der Waals surface area contributed by atoms with E-state index in [0.717, 1.165) is 17.0 Å². The van der Waals surface area contributed by atoms with Gasteiger partial charge in [0.2, 0.25) is 5.91 Å². The molecule has 1 heterocycles. The maximum atomic E-state index is 13.3. The third-order valence-corrected chi connectivity index (χ3v) is 3.56. The smallest absolute Gasteiger partial charge is 0.417 e. The lowest BCUT2D eigenvalue weighted by atomic mass is 9.84. The van der Waals surface area contributed by atoms with Gasteiger partial charge in [-0.25, -0.2) is 18.5 Å². The number of amides is 2. The molecule has 1 N–H and O–H groups in total. The van der Waals surface area contributed by atoms with Crippen molar-refractivity contribution in [3.8, 4) is 0 Å². The van der Waals surface area contributed by atoms with Crippen LogP contribution in [0.1, 0.15) is 39.2 Å². The summed E-state index contributed by atoms with van der Waals surface area (Å²) in [5.74, 6) is -2.76. The molecule has 7 heteroatoms. The summed E-state index contributed by atoms with van der Waals surface area (Å²) in [4.78, 5) is 25.0. The van der Waals surface area contributed by atoms with Gasteiger partial charge in [0.15, 0.2) is 11.6 Å². The van der Waals surface area contributed by atoms with Gasteiger partial charge in [-0.15, -0.1) is 0 Å². The Kier molecular flexibility index (Phi) is 4.43. The standard InChI is InChI=1S/C16H19F2NO4/c1-15(2,3)23-14(21)19-7-6-16(22,9-13(19)20)10-4-5-11(17)12(18)8-10/h4-5,8,22H,6-7,9H2,1-3H3. The first-order valence-electron chi connectivity index (χ1n) is 7.23. The molecule has 0 spiro atoms. The van der Waals surface area contributed by atoms with Crippen LogP contribution in [0, 0.1) is 11.6 Å². The number of benzene rings is 1. The number of nitrogens with zero attached hydrogens (tertiary/aromatic N) is 1. The van der Waals surface area contributed by atoms with Gasteiger partial charge in [-0.1, -0.05) is 6.07 Å². The highest BCUT2D eigenvalue weighted by atomic mass is 19.2. The number of rotatable bonds is 1. The van der Waals surface area contributed by atoms with Crippen molar-refractivity contribution in [2.75, 3.05) is 6.54 Å². The Hall–Kier alpha value is -2.02. The molecule has 5 nitrogen and oxygen atoms in total. The van der Waals surface area contributed by atoms with Crippen molar-refractivity contribution in [3.63, 3.8) is 0 Å². The Morgan fingerprint density at radius 1 is 1.30 bits per heavy atom. The Labute approximate surface area is 132 Å². The van der Waals surface area contributed by atoms with Crippen molar-refractivity contribution in [1.82, 2.24) is 4.90 Å². The first-order valence-corrected chi connectivity index (χ1v) is 7.23. The van der Waals surface area contributed by atoms with Crippen LogP contribution >= 0.6 is 0 Å². The van der Waals surface area contributed by atoms with Crippen LogP contribution < -0.4 is 0 Å². The van der Waals surface area contributed by atoms with Crippen LogP contribution in [0.5, 0.6) is 0 Å². The third-order valence-electron chi connectivity index (χ3n) is 3.56. The molecule has 2 rings (SSSR count). The van der Waals surface area contributed by atoms with E-state index in [1.807, 2.05) is 0 Å². The number of halogens is 2. The van der Waals surface area contributed by atoms with Crippen molar-refractivity contribution in [2.45, 2.75) is 44.8 Å². The van der Waals surface area contributed by atoms with Crippen molar-refractivity contribution in [1.29, 1.82) is 0 Å². The molecule has 1 fully saturated rings. The number of ether oxygens (including phenoxy) is 1. The fourth-order valence-electron chi connectivity index (χ4n) is 2.40. The van der Waals surface area contributed by atoms with Gasteiger partial charge in [-0.2, -0.15) is 0 Å². The van der Waals surface area contributed by atoms with Crippen LogP contribution in [0.25, 0.3) is 0 Å². The first-order chi connectivity index (χ1) is 10.5. The maximum absolute atomic E-state index is 13.3. The van der Waals surface area contributed by atoms with E-state index in [9.17, 15) is 23.5 Å². The molecular weight excluding hydrogens is 308 g/mol. The number of hydrogen-bond acceptors (Lipinski definition) is 4. The molecule has 1 atom stereocenters. The summed E-state index contributed by atoms with van der Waals surface area (Å²) < 4.78 is 31.5. The molecule has 1 aliphatic heterocycles. The topological polar surface area (TPSA) is 66.8 Å². The van der Waals surface area contributed by atoms with Gasteiger partial charge in [0, 0.05) is 6.54 Å². The Balaban J connectivity index is 2.15. The molecule has 1 aromatic rings. The van der Waals surface area contributed by atoms with Gasteiger partial charge >= 0.3 is 6.09 Å². The lowest BCUT2D eigenvalue weighted by Crippen LogP contribution is -2.50. The van der Waals surface area contributed by atoms with Crippen LogP contribution in [0.3, 0.4) is 0 Å². The second-order valence-electron chi connectivity index (χ2n) is 6.61. The summed E-state index contributed by atoms with van der Waals surface area (Å²) in [6, 6.07) is 2.99. The van der Waals surface area contributed by atoms with Crippen molar-refractivity contribution in [3.05, 3.63) is 35.4 Å². The summed E-state index contributed by atoms with van der Waals surface area (Å²) in [7, 11) is 0. The van der Waals surface area contributed by atoms with Gasteiger partial charge in [-0.05, 0) is 44.9 Å². The second kappa shape index (κ2) is 5.88. The monoisotopic (exact) mass is 327 g/mol. The molecule has 1 aliphatic rings. The SMILES string of the molecule is CC(C)(C)OC(=O)N1CCC(O)(c2ccc(F)c(F)c2)CC1=O. The molecule has 0 aliphatic carbocycles. The molecule has 0 aromatic heterocycles. The third kappa shape index (κ3) is 3.85. The number of carbonyl (C=O) groups is 2. The summed E-state index contributed by atoms with van der Waals surface area (Å²) in [5.41, 5.74) is -2.27. The molecule has 1 aromatic carbocycles. The minimum atomic E-state index is -1.63. The van der Waals surface area contributed by atoms with Gasteiger partial charge in [-0.3, -0.25) is 4.79 Å². The minimum absolute atomic E-state index is 0.0169. The molecule has 0 radical (unpaired) electrons. The molecule has 0 bridgehead atoms. The maximum Gasteiger partial charge on any atom is 0.417 e. The van der Waals surface area contributed by atoms with E-state index in [1.54, 1.807) is 20.8 Å². The summed E-state index contributed by atoms with van der Waals surface area (Å²) in [6.07, 6.45) is -1.17. The van der Waals surface area contributed by atoms with E-state index >= 15 is 0 Å². The molecule has 2 amide bonds. The van der Waals surface area contributed by atoms with Gasteiger partial charge in [0.25, 0.3) is 0 Å². The zero-order valence-corrected chi connectivity index (χ0v) is 13.2. The van der Waals surface area contributed by atoms with Gasteiger partial charge in [0.1, 0.15) is 11.2 Å². The van der Waals surface area contributed by atoms with Crippen molar-refractivity contribution >= 4 is 12.0 Å². The van der Waals surface area contributed by atoms with Gasteiger partial charge < -0.3 is 9.84 Å². The number of aliphatic hydroxyl groups is 1. The van der Waals surface area contributed by atoms with E-state index < -0.39 is 41.3 Å². The van der Waals surface area contributed by atoms with Crippen LogP contribution in [0.15, 0.2) is 18.2 Å².